The third-order valence-electron chi connectivity index (χ3n) is 9.85. The summed E-state index contributed by atoms with van der Waals surface area (Å²) in [6.07, 6.45) is 8.39. The first kappa shape index (κ1) is 30.0. The number of aliphatic imine (C=N–C) groups is 1. The molecule has 0 bridgehead atoms. The van der Waals surface area contributed by atoms with Crippen LogP contribution in [-0.2, 0) is 0 Å². The van der Waals surface area contributed by atoms with Gasteiger partial charge in [-0.1, -0.05) is 127 Å². The second-order valence-electron chi connectivity index (χ2n) is 13.0. The quantitative estimate of drug-likeness (QED) is 0.123. The molecule has 0 amide bonds. The van der Waals surface area contributed by atoms with Gasteiger partial charge in [0.1, 0.15) is 18.2 Å². The van der Waals surface area contributed by atoms with Crippen LogP contribution in [0.4, 0.5) is 0 Å². The molecule has 5 aromatic rings. The molecule has 6 heteroatoms. The summed E-state index contributed by atoms with van der Waals surface area (Å²) in [7, 11) is 0. The highest BCUT2D eigenvalue weighted by molar-refractivity contribution is 6.02. The third-order valence-corrected chi connectivity index (χ3v) is 9.85. The zero-order valence-corrected chi connectivity index (χ0v) is 27.6. The molecule has 3 unspecified atom stereocenters. The number of nitrogens with one attached hydrogen (secondary N) is 5. The Morgan fingerprint density at radius 3 is 1.98 bits per heavy atom. The molecule has 0 saturated heterocycles. The SMILES string of the molecule is C1=CC2NC(c3ccc(-c4cc(C5=NC(c6ccccc6)NC(c6ccccc6)N5)cc(-c5ccccc5)c4)cc3)=C3C=CNCC3=C2NC1. The van der Waals surface area contributed by atoms with Gasteiger partial charge < -0.3 is 21.3 Å². The first-order chi connectivity index (χ1) is 24.8. The summed E-state index contributed by atoms with van der Waals surface area (Å²) in [5.41, 5.74) is 14.1. The van der Waals surface area contributed by atoms with Crippen molar-refractivity contribution in [2.45, 2.75) is 18.4 Å². The fourth-order valence-electron chi connectivity index (χ4n) is 7.33. The van der Waals surface area contributed by atoms with Crippen molar-refractivity contribution in [1.29, 1.82) is 0 Å². The van der Waals surface area contributed by atoms with Crippen LogP contribution in [0.25, 0.3) is 28.0 Å². The van der Waals surface area contributed by atoms with E-state index in [2.05, 4.69) is 172 Å². The van der Waals surface area contributed by atoms with Crippen molar-refractivity contribution in [3.8, 4) is 22.3 Å². The Balaban J connectivity index is 1.12. The summed E-state index contributed by atoms with van der Waals surface area (Å²) >= 11 is 0. The van der Waals surface area contributed by atoms with Crippen molar-refractivity contribution < 1.29 is 0 Å². The van der Waals surface area contributed by atoms with Gasteiger partial charge in [0.2, 0.25) is 0 Å². The highest BCUT2D eigenvalue weighted by Crippen LogP contribution is 2.35. The van der Waals surface area contributed by atoms with E-state index in [4.69, 9.17) is 4.99 Å². The largest absolute Gasteiger partial charge is 0.387 e. The number of amidine groups is 1. The van der Waals surface area contributed by atoms with Gasteiger partial charge in [0.25, 0.3) is 0 Å². The van der Waals surface area contributed by atoms with Gasteiger partial charge in [-0.3, -0.25) is 5.32 Å². The molecule has 244 valence electrons. The van der Waals surface area contributed by atoms with Gasteiger partial charge in [-0.25, -0.2) is 4.99 Å². The summed E-state index contributed by atoms with van der Waals surface area (Å²) in [5, 5.41) is 18.3. The molecule has 4 heterocycles. The minimum atomic E-state index is -0.198. The number of benzene rings is 5. The molecular weight excluding hydrogens is 613 g/mol. The van der Waals surface area contributed by atoms with E-state index in [1.807, 2.05) is 12.3 Å². The zero-order valence-electron chi connectivity index (χ0n) is 27.6. The molecule has 5 aromatic carbocycles. The highest BCUT2D eigenvalue weighted by atomic mass is 15.3. The molecule has 0 saturated carbocycles. The Labute approximate surface area is 293 Å². The molecule has 6 nitrogen and oxygen atoms in total. The Morgan fingerprint density at radius 1 is 0.600 bits per heavy atom. The molecule has 0 spiro atoms. The van der Waals surface area contributed by atoms with Crippen molar-refractivity contribution in [1.82, 2.24) is 26.6 Å². The van der Waals surface area contributed by atoms with Gasteiger partial charge in [0.05, 0.1) is 6.04 Å². The van der Waals surface area contributed by atoms with Crippen molar-refractivity contribution in [3.05, 3.63) is 197 Å². The van der Waals surface area contributed by atoms with E-state index in [9.17, 15) is 0 Å². The molecule has 0 radical (unpaired) electrons. The van der Waals surface area contributed by atoms with Crippen LogP contribution in [0.3, 0.4) is 0 Å². The molecule has 0 fully saturated rings. The molecule has 50 heavy (non-hydrogen) atoms. The van der Waals surface area contributed by atoms with Crippen LogP contribution >= 0.6 is 0 Å². The summed E-state index contributed by atoms with van der Waals surface area (Å²) in [5.74, 6) is 0.863. The summed E-state index contributed by atoms with van der Waals surface area (Å²) in [6, 6.07) is 47.5. The molecule has 0 aliphatic carbocycles. The van der Waals surface area contributed by atoms with E-state index in [1.165, 1.54) is 28.0 Å². The van der Waals surface area contributed by atoms with E-state index < -0.39 is 0 Å². The monoisotopic (exact) mass is 650 g/mol. The minimum Gasteiger partial charge on any atom is -0.387 e. The lowest BCUT2D eigenvalue weighted by molar-refractivity contribution is 0.409. The lowest BCUT2D eigenvalue weighted by Gasteiger charge is -2.35. The van der Waals surface area contributed by atoms with E-state index in [1.54, 1.807) is 0 Å². The van der Waals surface area contributed by atoms with Crippen molar-refractivity contribution in [2.75, 3.05) is 13.1 Å². The van der Waals surface area contributed by atoms with E-state index in [0.717, 1.165) is 58.0 Å². The van der Waals surface area contributed by atoms with Crippen molar-refractivity contribution in [2.24, 2.45) is 4.99 Å². The molecule has 4 aliphatic heterocycles. The maximum Gasteiger partial charge on any atom is 0.131 e. The van der Waals surface area contributed by atoms with Gasteiger partial charge in [-0.15, -0.1) is 0 Å². The van der Waals surface area contributed by atoms with Crippen LogP contribution in [0.2, 0.25) is 0 Å². The zero-order chi connectivity index (χ0) is 33.3. The fourth-order valence-corrected chi connectivity index (χ4v) is 7.33. The van der Waals surface area contributed by atoms with Gasteiger partial charge in [0.15, 0.2) is 0 Å². The molecule has 4 aliphatic rings. The Kier molecular flexibility index (Phi) is 7.84. The smallest absolute Gasteiger partial charge is 0.131 e. The van der Waals surface area contributed by atoms with Crippen LogP contribution in [0.15, 0.2) is 180 Å². The topological polar surface area (TPSA) is 72.5 Å². The predicted octanol–water partition coefficient (Wildman–Crippen LogP) is 7.57. The fraction of sp³-hybridized carbons (Fsp3) is 0.114. The summed E-state index contributed by atoms with van der Waals surface area (Å²) in [4.78, 5) is 5.27. The first-order valence-electron chi connectivity index (χ1n) is 17.3. The minimum absolute atomic E-state index is 0.104. The van der Waals surface area contributed by atoms with E-state index in [-0.39, 0.29) is 18.4 Å². The van der Waals surface area contributed by atoms with Crippen LogP contribution in [0.5, 0.6) is 0 Å². The van der Waals surface area contributed by atoms with Gasteiger partial charge in [0, 0.05) is 41.2 Å². The van der Waals surface area contributed by atoms with Gasteiger partial charge in [-0.2, -0.15) is 0 Å². The lowest BCUT2D eigenvalue weighted by atomic mass is 9.88. The van der Waals surface area contributed by atoms with Crippen LogP contribution in [0, 0.1) is 0 Å². The summed E-state index contributed by atoms with van der Waals surface area (Å²) < 4.78 is 0. The summed E-state index contributed by atoms with van der Waals surface area (Å²) in [6.45, 7) is 1.68. The number of allylic oxidation sites excluding steroid dienone is 1. The Bertz CT molecular complexity index is 2180. The normalized spacial score (nSPS) is 20.8. The van der Waals surface area contributed by atoms with Gasteiger partial charge >= 0.3 is 0 Å². The van der Waals surface area contributed by atoms with E-state index in [0.29, 0.717) is 0 Å². The third kappa shape index (κ3) is 5.80. The second kappa shape index (κ2) is 13.1. The number of hydrogen-bond acceptors (Lipinski definition) is 6. The average molecular weight is 651 g/mol. The number of fused-ring (bicyclic) bond motifs is 2. The maximum atomic E-state index is 5.27. The number of nitrogens with zero attached hydrogens (tertiary/aromatic N) is 1. The lowest BCUT2D eigenvalue weighted by Crippen LogP contribution is -2.44. The molecule has 3 atom stereocenters. The van der Waals surface area contributed by atoms with Crippen LogP contribution < -0.4 is 26.6 Å². The van der Waals surface area contributed by atoms with Crippen molar-refractivity contribution in [3.63, 3.8) is 0 Å². The Morgan fingerprint density at radius 2 is 1.24 bits per heavy atom. The maximum absolute atomic E-state index is 5.27. The standard InChI is InChI=1S/C44H38N6/c1-4-11-29(12-5-1)34-25-35(30-18-20-31(21-19-30)40-37-22-24-45-28-38(37)41-39(47-40)17-10-23-46-41)27-36(26-34)44-49-42(32-13-6-2-7-14-32)48-43(50-44)33-15-8-3-9-16-33/h1-22,24-27,39,42-43,45-48H,23,28H2,(H,49,50). The average Bonchev–Trinajstić information content (AvgIpc) is 3.21. The molecular formula is C44H38N6. The Hall–Kier alpha value is -6.11. The van der Waals surface area contributed by atoms with E-state index >= 15 is 0 Å². The van der Waals surface area contributed by atoms with Crippen LogP contribution in [-0.4, -0.2) is 25.0 Å². The van der Waals surface area contributed by atoms with Crippen LogP contribution in [0.1, 0.15) is 34.6 Å². The molecule has 9 rings (SSSR count). The second-order valence-corrected chi connectivity index (χ2v) is 13.0. The molecule has 0 aromatic heterocycles. The number of rotatable bonds is 6. The molecule has 5 N–H and O–H groups in total. The van der Waals surface area contributed by atoms with Gasteiger partial charge in [-0.05, 0) is 69.4 Å². The number of dihydropyridines is 1. The van der Waals surface area contributed by atoms with Crippen molar-refractivity contribution >= 4 is 11.5 Å². The first-order valence-corrected chi connectivity index (χ1v) is 17.3. The highest BCUT2D eigenvalue weighted by Gasteiger charge is 2.29. The predicted molar refractivity (Wildman–Crippen MR) is 204 cm³/mol. The number of hydrogen-bond donors (Lipinski definition) is 5.